The zero-order chi connectivity index (χ0) is 34.9. The second-order valence-electron chi connectivity index (χ2n) is 11.2. The van der Waals surface area contributed by atoms with Gasteiger partial charge < -0.3 is 31.1 Å². The maximum absolute atomic E-state index is 12.8. The molecule has 51 heavy (non-hydrogen) atoms. The van der Waals surface area contributed by atoms with E-state index in [9.17, 15) is 58.8 Å². The van der Waals surface area contributed by atoms with Crippen LogP contribution in [0.3, 0.4) is 0 Å². The SMILES string of the molecule is Cl.Cl.Cl.Cl.O=C(O)CN1CCN(CC(=O)O)CCN(CC(=O)NCC(=O)N[C@@H](CCCCN2C(=O)C=CC2=O)C(=O)O)CCN(CC(=O)O)CC1. The second kappa shape index (κ2) is 27.4. The van der Waals surface area contributed by atoms with E-state index in [1.165, 1.54) is 0 Å². The van der Waals surface area contributed by atoms with Gasteiger partial charge in [0.1, 0.15) is 6.04 Å². The molecule has 1 fully saturated rings. The highest BCUT2D eigenvalue weighted by molar-refractivity contribution is 6.12. The normalized spacial score (nSPS) is 16.8. The van der Waals surface area contributed by atoms with Crippen LogP contribution >= 0.6 is 49.6 Å². The van der Waals surface area contributed by atoms with Crippen LogP contribution in [0.1, 0.15) is 19.3 Å². The number of rotatable bonds is 17. The summed E-state index contributed by atoms with van der Waals surface area (Å²) in [4.78, 5) is 102. The molecule has 0 unspecified atom stereocenters. The van der Waals surface area contributed by atoms with Crippen molar-refractivity contribution >= 4 is 97.1 Å². The van der Waals surface area contributed by atoms with Crippen molar-refractivity contribution in [3.8, 4) is 0 Å². The van der Waals surface area contributed by atoms with E-state index in [4.69, 9.17) is 0 Å². The number of hydrogen-bond donors (Lipinski definition) is 6. The summed E-state index contributed by atoms with van der Waals surface area (Å²) in [6, 6.07) is -1.26. The zero-order valence-corrected chi connectivity index (χ0v) is 30.9. The van der Waals surface area contributed by atoms with Crippen LogP contribution in [0.5, 0.6) is 0 Å². The van der Waals surface area contributed by atoms with E-state index < -0.39 is 60.1 Å². The molecular formula is C28H47Cl4N7O12. The smallest absolute Gasteiger partial charge is 0.326 e. The number of carbonyl (C=O) groups is 8. The third-order valence-electron chi connectivity index (χ3n) is 7.48. The summed E-state index contributed by atoms with van der Waals surface area (Å²) < 4.78 is 0. The summed E-state index contributed by atoms with van der Waals surface area (Å²) in [6.45, 7) is 0.157. The number of nitrogens with zero attached hydrogens (tertiary/aromatic N) is 5. The minimum atomic E-state index is -1.29. The van der Waals surface area contributed by atoms with Crippen molar-refractivity contribution in [2.75, 3.05) is 91.6 Å². The Bertz CT molecular complexity index is 1170. The molecule has 2 heterocycles. The lowest BCUT2D eigenvalue weighted by Gasteiger charge is -2.32. The Morgan fingerprint density at radius 3 is 1.31 bits per heavy atom. The Morgan fingerprint density at radius 2 is 0.961 bits per heavy atom. The fraction of sp³-hybridized carbons (Fsp3) is 0.643. The fourth-order valence-electron chi connectivity index (χ4n) is 5.00. The predicted octanol–water partition coefficient (Wildman–Crippen LogP) is -2.07. The van der Waals surface area contributed by atoms with Gasteiger partial charge in [0.15, 0.2) is 0 Å². The molecule has 6 N–H and O–H groups in total. The minimum absolute atomic E-state index is 0. The first-order chi connectivity index (χ1) is 22.2. The fourth-order valence-corrected chi connectivity index (χ4v) is 5.00. The molecule has 2 rings (SSSR count). The standard InChI is InChI=1S/C28H43N7O12.4ClH/c36-21(30-20(28(46)47)3-1-2-6-35-23(38)4-5-24(35)39)15-29-22(37)16-31-7-9-32(17-25(40)41)11-13-34(19-27(44)45)14-12-33(10-8-31)18-26(42)43;;;;/h4-5,20H,1-3,6-19H2,(H,29,37)(H,30,36)(H,40,41)(H,42,43)(H,44,45)(H,46,47);4*1H/t20-;;;;/m0..../s1. The van der Waals surface area contributed by atoms with Gasteiger partial charge in [0.05, 0.1) is 32.7 Å². The van der Waals surface area contributed by atoms with Gasteiger partial charge in [-0.2, -0.15) is 0 Å². The van der Waals surface area contributed by atoms with Crippen LogP contribution in [0, 0.1) is 0 Å². The van der Waals surface area contributed by atoms with Crippen LogP contribution in [0.4, 0.5) is 0 Å². The van der Waals surface area contributed by atoms with Crippen molar-refractivity contribution in [2.45, 2.75) is 25.3 Å². The van der Waals surface area contributed by atoms with Crippen molar-refractivity contribution < 1.29 is 58.8 Å². The van der Waals surface area contributed by atoms with Gasteiger partial charge in [0, 0.05) is 71.1 Å². The number of carboxylic acid groups (broad SMARTS) is 4. The summed E-state index contributed by atoms with van der Waals surface area (Å²) in [6.07, 6.45) is 2.96. The van der Waals surface area contributed by atoms with Gasteiger partial charge in [0.2, 0.25) is 11.8 Å². The number of hydrogen-bond acceptors (Lipinski definition) is 12. The minimum Gasteiger partial charge on any atom is -0.480 e. The van der Waals surface area contributed by atoms with Crippen LogP contribution in [0.15, 0.2) is 12.2 Å². The molecule has 0 aromatic rings. The van der Waals surface area contributed by atoms with Gasteiger partial charge in [-0.1, -0.05) is 0 Å². The van der Waals surface area contributed by atoms with Crippen LogP contribution in [0.2, 0.25) is 0 Å². The second-order valence-corrected chi connectivity index (χ2v) is 11.2. The van der Waals surface area contributed by atoms with E-state index >= 15 is 0 Å². The van der Waals surface area contributed by atoms with E-state index in [-0.39, 0.29) is 141 Å². The van der Waals surface area contributed by atoms with E-state index in [0.717, 1.165) is 17.1 Å². The molecule has 0 aromatic carbocycles. The molecular weight excluding hydrogens is 768 g/mol. The molecule has 2 aliphatic rings. The summed E-state index contributed by atoms with van der Waals surface area (Å²) in [7, 11) is 0. The largest absolute Gasteiger partial charge is 0.480 e. The third-order valence-corrected chi connectivity index (χ3v) is 7.48. The molecule has 23 heteroatoms. The van der Waals surface area contributed by atoms with Gasteiger partial charge in [0.25, 0.3) is 11.8 Å². The Kier molecular flexibility index (Phi) is 27.9. The number of unbranched alkanes of at least 4 members (excludes halogenated alkanes) is 1. The highest BCUT2D eigenvalue weighted by Crippen LogP contribution is 2.08. The molecule has 0 spiro atoms. The number of nitrogens with one attached hydrogen (secondary N) is 2. The molecule has 0 aromatic heterocycles. The number of imide groups is 1. The van der Waals surface area contributed by atoms with Crippen LogP contribution in [0.25, 0.3) is 0 Å². The van der Waals surface area contributed by atoms with E-state index in [0.29, 0.717) is 12.8 Å². The Balaban J connectivity index is -0.00000576. The van der Waals surface area contributed by atoms with E-state index in [2.05, 4.69) is 10.6 Å². The molecule has 4 amide bonds. The monoisotopic (exact) mass is 813 g/mol. The van der Waals surface area contributed by atoms with Crippen molar-refractivity contribution in [3.05, 3.63) is 12.2 Å². The third kappa shape index (κ3) is 21.6. The first-order valence-corrected chi connectivity index (χ1v) is 15.1. The van der Waals surface area contributed by atoms with Crippen LogP contribution in [-0.4, -0.2) is 190 Å². The lowest BCUT2D eigenvalue weighted by Crippen LogP contribution is -2.50. The lowest BCUT2D eigenvalue weighted by molar-refractivity contribution is -0.142. The van der Waals surface area contributed by atoms with Crippen molar-refractivity contribution in [1.29, 1.82) is 0 Å². The molecule has 1 atom stereocenters. The van der Waals surface area contributed by atoms with Gasteiger partial charge in [-0.05, 0) is 19.3 Å². The quantitative estimate of drug-likeness (QED) is 0.0681. The molecule has 0 radical (unpaired) electrons. The van der Waals surface area contributed by atoms with E-state index in [1.54, 1.807) is 19.6 Å². The average molecular weight is 816 g/mol. The summed E-state index contributed by atoms with van der Waals surface area (Å²) in [5.41, 5.74) is 0. The predicted molar refractivity (Wildman–Crippen MR) is 190 cm³/mol. The van der Waals surface area contributed by atoms with Crippen molar-refractivity contribution in [3.63, 3.8) is 0 Å². The Labute approximate surface area is 319 Å². The highest BCUT2D eigenvalue weighted by Gasteiger charge is 2.25. The summed E-state index contributed by atoms with van der Waals surface area (Å²) in [5.74, 6) is -6.74. The summed E-state index contributed by atoms with van der Waals surface area (Å²) in [5, 5.41) is 42.2. The average Bonchev–Trinajstić information content (AvgIpc) is 3.30. The van der Waals surface area contributed by atoms with Gasteiger partial charge in [-0.15, -0.1) is 49.6 Å². The molecule has 0 aliphatic carbocycles. The number of aliphatic carboxylic acids is 4. The van der Waals surface area contributed by atoms with Crippen LogP contribution in [-0.2, 0) is 38.4 Å². The molecule has 0 bridgehead atoms. The molecule has 0 saturated carbocycles. The zero-order valence-electron chi connectivity index (χ0n) is 27.7. The van der Waals surface area contributed by atoms with Crippen molar-refractivity contribution in [2.24, 2.45) is 0 Å². The maximum atomic E-state index is 12.8. The molecule has 1 saturated heterocycles. The number of carboxylic acids is 4. The first-order valence-electron chi connectivity index (χ1n) is 15.1. The molecule has 19 nitrogen and oxygen atoms in total. The molecule has 294 valence electrons. The van der Waals surface area contributed by atoms with Crippen molar-refractivity contribution in [1.82, 2.24) is 35.1 Å². The lowest BCUT2D eigenvalue weighted by atomic mass is 10.1. The van der Waals surface area contributed by atoms with Gasteiger partial charge in [-0.3, -0.25) is 58.1 Å². The number of halogens is 4. The Hall–Kier alpha value is -3.30. The molecule has 2 aliphatic heterocycles. The summed E-state index contributed by atoms with van der Waals surface area (Å²) >= 11 is 0. The van der Waals surface area contributed by atoms with Gasteiger partial charge >= 0.3 is 23.9 Å². The Morgan fingerprint density at radius 1 is 0.588 bits per heavy atom. The van der Waals surface area contributed by atoms with E-state index in [1.807, 2.05) is 0 Å². The van der Waals surface area contributed by atoms with Gasteiger partial charge in [-0.25, -0.2) is 4.79 Å². The van der Waals surface area contributed by atoms with Crippen LogP contribution < -0.4 is 10.6 Å². The maximum Gasteiger partial charge on any atom is 0.326 e. The highest BCUT2D eigenvalue weighted by atomic mass is 35.5. The number of amides is 4. The topological polar surface area (TPSA) is 258 Å². The number of carbonyl (C=O) groups excluding carboxylic acids is 4. The first kappa shape index (κ1) is 52.1.